The molecule has 0 spiro atoms. The highest BCUT2D eigenvalue weighted by Crippen LogP contribution is 2.29. The number of anilines is 1. The van der Waals surface area contributed by atoms with E-state index in [9.17, 15) is 9.59 Å². The van der Waals surface area contributed by atoms with Gasteiger partial charge in [-0.25, -0.2) is 4.98 Å². The number of benzene rings is 1. The summed E-state index contributed by atoms with van der Waals surface area (Å²) in [6.45, 7) is 4.77. The topological polar surface area (TPSA) is 106 Å². The largest absolute Gasteiger partial charge is 0.342 e. The molecular weight excluding hydrogens is 408 g/mol. The third kappa shape index (κ3) is 3.62. The van der Waals surface area contributed by atoms with Crippen molar-refractivity contribution in [2.24, 2.45) is 0 Å². The van der Waals surface area contributed by atoms with Crippen molar-refractivity contribution in [3.8, 4) is 11.4 Å². The van der Waals surface area contributed by atoms with Gasteiger partial charge >= 0.3 is 0 Å². The molecule has 1 N–H and O–H groups in total. The summed E-state index contributed by atoms with van der Waals surface area (Å²) in [4.78, 5) is 35.1. The summed E-state index contributed by atoms with van der Waals surface area (Å²) in [5.74, 6) is 0.817. The maximum atomic E-state index is 12.9. The summed E-state index contributed by atoms with van der Waals surface area (Å²) in [6, 6.07) is 11.2. The molecule has 1 atom stereocenters. The lowest BCUT2D eigenvalue weighted by Crippen LogP contribution is -2.25. The third-order valence-electron chi connectivity index (χ3n) is 5.82. The molecule has 0 radical (unpaired) electrons. The molecule has 1 aromatic carbocycles. The Hall–Kier alpha value is -4.01. The Morgan fingerprint density at radius 1 is 1.22 bits per heavy atom. The van der Waals surface area contributed by atoms with E-state index in [2.05, 4.69) is 20.4 Å². The summed E-state index contributed by atoms with van der Waals surface area (Å²) < 4.78 is 7.23. The van der Waals surface area contributed by atoms with Crippen LogP contribution in [0.1, 0.15) is 41.2 Å². The van der Waals surface area contributed by atoms with Crippen molar-refractivity contribution in [1.82, 2.24) is 24.4 Å². The predicted molar refractivity (Wildman–Crippen MR) is 117 cm³/mol. The number of pyridine rings is 1. The van der Waals surface area contributed by atoms with Gasteiger partial charge in [-0.3, -0.25) is 14.0 Å². The first kappa shape index (κ1) is 19.9. The van der Waals surface area contributed by atoms with Crippen LogP contribution in [0.15, 0.2) is 53.3 Å². The molecule has 0 bridgehead atoms. The van der Waals surface area contributed by atoms with Gasteiger partial charge in [0.05, 0.1) is 12.1 Å². The maximum absolute atomic E-state index is 12.9. The third-order valence-corrected chi connectivity index (χ3v) is 5.82. The molecule has 4 heterocycles. The van der Waals surface area contributed by atoms with Crippen LogP contribution in [0.3, 0.4) is 0 Å². The minimum Gasteiger partial charge on any atom is -0.342 e. The summed E-state index contributed by atoms with van der Waals surface area (Å²) in [6.07, 6.45) is 4.16. The number of nitrogens with zero attached hydrogens (tertiary/aromatic N) is 5. The summed E-state index contributed by atoms with van der Waals surface area (Å²) in [5, 5.41) is 7.09. The zero-order chi connectivity index (χ0) is 22.2. The number of fused-ring (bicyclic) bond motifs is 1. The van der Waals surface area contributed by atoms with Gasteiger partial charge in [0, 0.05) is 37.5 Å². The first-order valence-electron chi connectivity index (χ1n) is 10.4. The van der Waals surface area contributed by atoms with Crippen LogP contribution in [0.5, 0.6) is 0 Å². The van der Waals surface area contributed by atoms with Crippen molar-refractivity contribution in [2.45, 2.75) is 26.2 Å². The Morgan fingerprint density at radius 3 is 2.91 bits per heavy atom. The number of aromatic nitrogens is 4. The normalized spacial score (nSPS) is 15.9. The van der Waals surface area contributed by atoms with Crippen molar-refractivity contribution in [3.63, 3.8) is 0 Å². The van der Waals surface area contributed by atoms with Gasteiger partial charge in [-0.2, -0.15) is 4.98 Å². The number of rotatable bonds is 4. The molecule has 0 saturated carbocycles. The van der Waals surface area contributed by atoms with Gasteiger partial charge in [0.25, 0.3) is 5.91 Å². The molecule has 1 aliphatic heterocycles. The fourth-order valence-corrected chi connectivity index (χ4v) is 3.95. The SMILES string of the molecule is CC(=O)N1CCC(c2nc(-c3ccc(C)c(NC(=O)c4cnc5ccccn45)c3)no2)C1. The lowest BCUT2D eigenvalue weighted by molar-refractivity contribution is -0.127. The zero-order valence-corrected chi connectivity index (χ0v) is 17.8. The number of nitrogens with one attached hydrogen (secondary N) is 1. The van der Waals surface area contributed by atoms with Crippen LogP contribution in [0.2, 0.25) is 0 Å². The quantitative estimate of drug-likeness (QED) is 0.533. The first-order chi connectivity index (χ1) is 15.5. The standard InChI is InChI=1S/C23H22N6O3/c1-14-6-7-16(21-26-23(32-27-21)17-8-10-28(13-17)15(2)30)11-18(14)25-22(31)19-12-24-20-5-3-4-9-29(19)20/h3-7,9,11-12,17H,8,10,13H2,1-2H3,(H,25,31). The average Bonchev–Trinajstić information content (AvgIpc) is 3.53. The van der Waals surface area contributed by atoms with Crippen LogP contribution < -0.4 is 5.32 Å². The number of amides is 2. The second kappa shape index (κ2) is 7.92. The second-order valence-corrected chi connectivity index (χ2v) is 7.96. The van der Waals surface area contributed by atoms with Crippen LogP contribution in [-0.4, -0.2) is 49.3 Å². The fraction of sp³-hybridized carbons (Fsp3) is 0.261. The summed E-state index contributed by atoms with van der Waals surface area (Å²) in [7, 11) is 0. The molecule has 3 aromatic heterocycles. The van der Waals surface area contributed by atoms with E-state index in [1.54, 1.807) is 28.6 Å². The van der Waals surface area contributed by atoms with E-state index in [-0.39, 0.29) is 17.7 Å². The molecule has 1 fully saturated rings. The molecular formula is C23H22N6O3. The Morgan fingerprint density at radius 2 is 2.09 bits per heavy atom. The van der Waals surface area contributed by atoms with Crippen LogP contribution in [0, 0.1) is 6.92 Å². The molecule has 2 amide bonds. The number of likely N-dealkylation sites (tertiary alicyclic amines) is 1. The van der Waals surface area contributed by atoms with Gasteiger partial charge in [0.15, 0.2) is 0 Å². The minimum atomic E-state index is -0.256. The fourth-order valence-electron chi connectivity index (χ4n) is 3.95. The van der Waals surface area contributed by atoms with Gasteiger partial charge in [-0.05, 0) is 37.1 Å². The van der Waals surface area contributed by atoms with E-state index < -0.39 is 0 Å². The highest BCUT2D eigenvalue weighted by molar-refractivity contribution is 6.04. The van der Waals surface area contributed by atoms with Crippen LogP contribution in [0.25, 0.3) is 17.0 Å². The molecule has 4 aromatic rings. The van der Waals surface area contributed by atoms with Crippen molar-refractivity contribution >= 4 is 23.1 Å². The van der Waals surface area contributed by atoms with Crippen molar-refractivity contribution in [2.75, 3.05) is 18.4 Å². The number of carbonyl (C=O) groups is 2. The molecule has 1 unspecified atom stereocenters. The van der Waals surface area contributed by atoms with Crippen molar-refractivity contribution in [3.05, 3.63) is 65.9 Å². The van der Waals surface area contributed by atoms with Crippen molar-refractivity contribution < 1.29 is 14.1 Å². The smallest absolute Gasteiger partial charge is 0.274 e. The number of carbonyl (C=O) groups excluding carboxylic acids is 2. The van der Waals surface area contributed by atoms with Crippen LogP contribution in [0.4, 0.5) is 5.69 Å². The molecule has 1 saturated heterocycles. The summed E-state index contributed by atoms with van der Waals surface area (Å²) in [5.41, 5.74) is 3.46. The molecule has 9 nitrogen and oxygen atoms in total. The Bertz CT molecular complexity index is 1320. The van der Waals surface area contributed by atoms with E-state index in [0.717, 1.165) is 17.5 Å². The molecule has 9 heteroatoms. The van der Waals surface area contributed by atoms with Crippen LogP contribution in [-0.2, 0) is 4.79 Å². The van der Waals surface area contributed by atoms with Gasteiger partial charge < -0.3 is 14.7 Å². The monoisotopic (exact) mass is 430 g/mol. The molecule has 1 aliphatic rings. The molecule has 162 valence electrons. The number of imidazole rings is 1. The Kier molecular flexibility index (Phi) is 4.93. The zero-order valence-electron chi connectivity index (χ0n) is 17.8. The summed E-state index contributed by atoms with van der Waals surface area (Å²) >= 11 is 0. The Labute approximate surface area is 184 Å². The van der Waals surface area contributed by atoms with Crippen LogP contribution >= 0.6 is 0 Å². The van der Waals surface area contributed by atoms with Gasteiger partial charge in [0.1, 0.15) is 11.3 Å². The average molecular weight is 430 g/mol. The van der Waals surface area contributed by atoms with Gasteiger partial charge in [0.2, 0.25) is 17.6 Å². The number of aryl methyl sites for hydroxylation is 1. The highest BCUT2D eigenvalue weighted by Gasteiger charge is 2.29. The predicted octanol–water partition coefficient (Wildman–Crippen LogP) is 3.28. The van der Waals surface area contributed by atoms with E-state index in [1.807, 2.05) is 43.3 Å². The maximum Gasteiger partial charge on any atom is 0.274 e. The molecule has 0 aliphatic carbocycles. The number of hydrogen-bond donors (Lipinski definition) is 1. The second-order valence-electron chi connectivity index (χ2n) is 7.96. The Balaban J connectivity index is 1.37. The molecule has 5 rings (SSSR count). The first-order valence-corrected chi connectivity index (χ1v) is 10.4. The van der Waals surface area contributed by atoms with Crippen molar-refractivity contribution in [1.29, 1.82) is 0 Å². The van der Waals surface area contributed by atoms with E-state index in [1.165, 1.54) is 0 Å². The van der Waals surface area contributed by atoms with E-state index >= 15 is 0 Å². The van der Waals surface area contributed by atoms with Gasteiger partial charge in [-0.1, -0.05) is 23.4 Å². The van der Waals surface area contributed by atoms with E-state index in [0.29, 0.717) is 41.8 Å². The lowest BCUT2D eigenvalue weighted by atomic mass is 10.1. The lowest BCUT2D eigenvalue weighted by Gasteiger charge is -2.11. The minimum absolute atomic E-state index is 0.0416. The molecule has 32 heavy (non-hydrogen) atoms. The van der Waals surface area contributed by atoms with E-state index in [4.69, 9.17) is 4.52 Å². The highest BCUT2D eigenvalue weighted by atomic mass is 16.5. The van der Waals surface area contributed by atoms with Gasteiger partial charge in [-0.15, -0.1) is 0 Å². The number of hydrogen-bond acceptors (Lipinski definition) is 6.